The molecule has 1 saturated carbocycles. The molecule has 1 aliphatic carbocycles. The normalized spacial score (nSPS) is 31.0. The number of methoxy groups -OCH3 is 1. The van der Waals surface area contributed by atoms with Gasteiger partial charge in [-0.3, -0.25) is 0 Å². The van der Waals surface area contributed by atoms with Crippen LogP contribution in [0, 0.1) is 0 Å². The first-order valence-electron chi connectivity index (χ1n) is 4.21. The van der Waals surface area contributed by atoms with E-state index >= 15 is 0 Å². The number of allylic oxidation sites excluding steroid dienone is 2. The molecule has 0 heterocycles. The molecule has 0 aromatic rings. The molecule has 0 saturated heterocycles. The van der Waals surface area contributed by atoms with E-state index in [1.54, 1.807) is 7.11 Å². The van der Waals surface area contributed by atoms with Crippen molar-refractivity contribution in [2.75, 3.05) is 7.11 Å². The average Bonchev–Trinajstić information content (AvgIpc) is 1.98. The maximum atomic E-state index is 5.26. The Hall–Kier alpha value is -0.560. The van der Waals surface area contributed by atoms with Crippen molar-refractivity contribution in [2.24, 2.45) is 0 Å². The Morgan fingerprint density at radius 1 is 1.64 bits per heavy atom. The van der Waals surface area contributed by atoms with Gasteiger partial charge in [0.05, 0.1) is 6.10 Å². The maximum absolute atomic E-state index is 5.26. The van der Waals surface area contributed by atoms with Crippen LogP contribution in [0.15, 0.2) is 23.3 Å². The second-order valence-electron chi connectivity index (χ2n) is 2.81. The first kappa shape index (κ1) is 8.54. The lowest BCUT2D eigenvalue weighted by Gasteiger charge is -2.32. The molecule has 1 fully saturated rings. The van der Waals surface area contributed by atoms with Gasteiger partial charge in [0.15, 0.2) is 0 Å². The van der Waals surface area contributed by atoms with E-state index in [1.165, 1.54) is 11.1 Å². The molecule has 1 nitrogen and oxygen atoms in total. The molecule has 0 bridgehead atoms. The highest BCUT2D eigenvalue weighted by atomic mass is 16.5. The molecule has 0 aliphatic heterocycles. The van der Waals surface area contributed by atoms with Gasteiger partial charge in [-0.05, 0) is 24.5 Å². The minimum atomic E-state index is 0.373. The lowest BCUT2D eigenvalue weighted by Crippen LogP contribution is -2.26. The summed E-state index contributed by atoms with van der Waals surface area (Å²) in [6.45, 7) is 4.24. The van der Waals surface area contributed by atoms with Crippen LogP contribution in [-0.2, 0) is 4.74 Å². The van der Waals surface area contributed by atoms with Gasteiger partial charge in [0, 0.05) is 13.5 Å². The summed E-state index contributed by atoms with van der Waals surface area (Å²) in [7, 11) is 1.77. The third-order valence-electron chi connectivity index (χ3n) is 2.17. The van der Waals surface area contributed by atoms with Gasteiger partial charge >= 0.3 is 0 Å². The zero-order valence-electron chi connectivity index (χ0n) is 7.55. The quantitative estimate of drug-likeness (QED) is 0.591. The summed E-state index contributed by atoms with van der Waals surface area (Å²) in [4.78, 5) is 0. The van der Waals surface area contributed by atoms with Crippen molar-refractivity contribution in [1.82, 2.24) is 0 Å². The van der Waals surface area contributed by atoms with Crippen LogP contribution in [0.1, 0.15) is 26.7 Å². The van der Waals surface area contributed by atoms with Gasteiger partial charge in [-0.1, -0.05) is 19.1 Å². The maximum Gasteiger partial charge on any atom is 0.0860 e. The molecule has 1 rings (SSSR count). The van der Waals surface area contributed by atoms with E-state index in [2.05, 4.69) is 26.0 Å². The predicted octanol–water partition coefficient (Wildman–Crippen LogP) is 2.69. The summed E-state index contributed by atoms with van der Waals surface area (Å²) in [5.74, 6) is 0. The fraction of sp³-hybridized carbons (Fsp3) is 0.600. The fourth-order valence-electron chi connectivity index (χ4n) is 1.53. The van der Waals surface area contributed by atoms with Crippen LogP contribution in [0.4, 0.5) is 0 Å². The highest BCUT2D eigenvalue weighted by molar-refractivity contribution is 5.44. The second-order valence-corrected chi connectivity index (χ2v) is 2.81. The Kier molecular flexibility index (Phi) is 2.89. The standard InChI is InChI=1S/C10H16O/c1-4-6-8-7-10(11-3)9(8)5-2/h5-6,10H,4,7H2,1-3H3/b8-6-,9-5+. The number of hydrogen-bond donors (Lipinski definition) is 0. The van der Waals surface area contributed by atoms with Gasteiger partial charge in [-0.25, -0.2) is 0 Å². The average molecular weight is 152 g/mol. The van der Waals surface area contributed by atoms with Crippen LogP contribution in [0.25, 0.3) is 0 Å². The molecule has 1 aliphatic rings. The Morgan fingerprint density at radius 3 is 2.82 bits per heavy atom. The molecular formula is C10H16O. The van der Waals surface area contributed by atoms with Gasteiger partial charge in [0.25, 0.3) is 0 Å². The molecule has 1 atom stereocenters. The molecule has 0 N–H and O–H groups in total. The smallest absolute Gasteiger partial charge is 0.0860 e. The largest absolute Gasteiger partial charge is 0.376 e. The van der Waals surface area contributed by atoms with Crippen molar-refractivity contribution in [3.05, 3.63) is 23.3 Å². The molecular weight excluding hydrogens is 136 g/mol. The van der Waals surface area contributed by atoms with Gasteiger partial charge in [0.2, 0.25) is 0 Å². The van der Waals surface area contributed by atoms with E-state index in [0.717, 1.165) is 12.8 Å². The topological polar surface area (TPSA) is 9.23 Å². The number of hydrogen-bond acceptors (Lipinski definition) is 1. The van der Waals surface area contributed by atoms with Crippen molar-refractivity contribution >= 4 is 0 Å². The predicted molar refractivity (Wildman–Crippen MR) is 47.5 cm³/mol. The second kappa shape index (κ2) is 3.72. The first-order valence-corrected chi connectivity index (χ1v) is 4.21. The van der Waals surface area contributed by atoms with E-state index < -0.39 is 0 Å². The molecule has 62 valence electrons. The summed E-state index contributed by atoms with van der Waals surface area (Å²) >= 11 is 0. The minimum absolute atomic E-state index is 0.373. The van der Waals surface area contributed by atoms with Crippen LogP contribution in [0.2, 0.25) is 0 Å². The Balaban J connectivity index is 2.60. The van der Waals surface area contributed by atoms with Crippen LogP contribution >= 0.6 is 0 Å². The molecule has 0 amide bonds. The molecule has 0 radical (unpaired) electrons. The summed E-state index contributed by atoms with van der Waals surface area (Å²) < 4.78 is 5.26. The summed E-state index contributed by atoms with van der Waals surface area (Å²) in [6, 6.07) is 0. The third kappa shape index (κ3) is 1.54. The number of ether oxygens (including phenoxy) is 1. The highest BCUT2D eigenvalue weighted by Gasteiger charge is 2.27. The first-order chi connectivity index (χ1) is 5.33. The van der Waals surface area contributed by atoms with Crippen LogP contribution in [0.3, 0.4) is 0 Å². The number of rotatable bonds is 2. The lowest BCUT2D eigenvalue weighted by atomic mass is 9.81. The van der Waals surface area contributed by atoms with Crippen LogP contribution in [0.5, 0.6) is 0 Å². The highest BCUT2D eigenvalue weighted by Crippen LogP contribution is 2.35. The Morgan fingerprint density at radius 2 is 2.36 bits per heavy atom. The van der Waals surface area contributed by atoms with Crippen molar-refractivity contribution in [3.63, 3.8) is 0 Å². The molecule has 0 aromatic carbocycles. The fourth-order valence-corrected chi connectivity index (χ4v) is 1.53. The van der Waals surface area contributed by atoms with E-state index in [1.807, 2.05) is 0 Å². The molecule has 0 spiro atoms. The third-order valence-corrected chi connectivity index (χ3v) is 2.17. The summed E-state index contributed by atoms with van der Waals surface area (Å²) in [6.07, 6.45) is 7.04. The van der Waals surface area contributed by atoms with Gasteiger partial charge in [0.1, 0.15) is 0 Å². The van der Waals surface area contributed by atoms with Crippen molar-refractivity contribution in [3.8, 4) is 0 Å². The molecule has 1 unspecified atom stereocenters. The molecule has 0 aromatic heterocycles. The van der Waals surface area contributed by atoms with E-state index in [-0.39, 0.29) is 0 Å². The minimum Gasteiger partial charge on any atom is -0.376 e. The van der Waals surface area contributed by atoms with Crippen molar-refractivity contribution in [2.45, 2.75) is 32.8 Å². The van der Waals surface area contributed by atoms with Crippen LogP contribution in [-0.4, -0.2) is 13.2 Å². The van der Waals surface area contributed by atoms with Crippen molar-refractivity contribution in [1.29, 1.82) is 0 Å². The summed E-state index contributed by atoms with van der Waals surface area (Å²) in [5.41, 5.74) is 2.86. The molecule has 11 heavy (non-hydrogen) atoms. The van der Waals surface area contributed by atoms with Gasteiger partial charge in [-0.15, -0.1) is 0 Å². The van der Waals surface area contributed by atoms with Crippen LogP contribution < -0.4 is 0 Å². The van der Waals surface area contributed by atoms with E-state index in [4.69, 9.17) is 4.74 Å². The summed E-state index contributed by atoms with van der Waals surface area (Å²) in [5, 5.41) is 0. The zero-order chi connectivity index (χ0) is 8.27. The Bertz CT molecular complexity index is 189. The van der Waals surface area contributed by atoms with Crippen molar-refractivity contribution < 1.29 is 4.74 Å². The van der Waals surface area contributed by atoms with Gasteiger partial charge < -0.3 is 4.74 Å². The van der Waals surface area contributed by atoms with E-state index in [9.17, 15) is 0 Å². The Labute approximate surface area is 68.8 Å². The van der Waals surface area contributed by atoms with E-state index in [0.29, 0.717) is 6.10 Å². The monoisotopic (exact) mass is 152 g/mol. The lowest BCUT2D eigenvalue weighted by molar-refractivity contribution is 0.112. The molecule has 1 heteroatoms. The zero-order valence-corrected chi connectivity index (χ0v) is 7.55. The van der Waals surface area contributed by atoms with Gasteiger partial charge in [-0.2, -0.15) is 0 Å². The SMILES string of the molecule is C/C=C1\C(=C/CC)CC1OC.